The third kappa shape index (κ3) is 4.42. The molecule has 118 valence electrons. The lowest BCUT2D eigenvalue weighted by atomic mass is 10.0. The second-order valence-electron chi connectivity index (χ2n) is 5.51. The molecule has 2 rings (SSSR count). The van der Waals surface area contributed by atoms with Crippen LogP contribution in [-0.4, -0.2) is 37.6 Å². The minimum atomic E-state index is -3.04. The van der Waals surface area contributed by atoms with E-state index in [4.69, 9.17) is 11.6 Å². The molecule has 1 N–H and O–H groups in total. The number of piperidine rings is 1. The minimum absolute atomic E-state index is 0.187. The van der Waals surface area contributed by atoms with Crippen LogP contribution in [0.5, 0.6) is 0 Å². The van der Waals surface area contributed by atoms with Gasteiger partial charge in [0.2, 0.25) is 10.0 Å². The molecule has 6 heteroatoms. The maximum Gasteiger partial charge on any atom is 0.213 e. The third-order valence-electron chi connectivity index (χ3n) is 4.07. The van der Waals surface area contributed by atoms with Gasteiger partial charge in [0, 0.05) is 30.2 Å². The molecule has 1 aliphatic heterocycles. The van der Waals surface area contributed by atoms with Crippen molar-refractivity contribution < 1.29 is 8.42 Å². The molecule has 1 aromatic rings. The van der Waals surface area contributed by atoms with E-state index in [9.17, 15) is 8.42 Å². The van der Waals surface area contributed by atoms with Gasteiger partial charge < -0.3 is 5.32 Å². The maximum atomic E-state index is 11.8. The average Bonchev–Trinajstić information content (AvgIpc) is 2.48. The number of hydrogen-bond acceptors (Lipinski definition) is 3. The Morgan fingerprint density at radius 3 is 2.38 bits per heavy atom. The lowest BCUT2D eigenvalue weighted by Crippen LogP contribution is -2.45. The Kier molecular flexibility index (Phi) is 5.66. The summed E-state index contributed by atoms with van der Waals surface area (Å²) in [7, 11) is -3.04. The van der Waals surface area contributed by atoms with Gasteiger partial charge in [-0.3, -0.25) is 0 Å². The SMILES string of the molecule is CCS(=O)(=O)N1CCC(NC(C)c2ccc(Cl)cc2)CC1. The van der Waals surface area contributed by atoms with Crippen LogP contribution in [0.4, 0.5) is 0 Å². The fraction of sp³-hybridized carbons (Fsp3) is 0.600. The molecular formula is C15H23ClN2O2S. The van der Waals surface area contributed by atoms with Crippen molar-refractivity contribution in [3.05, 3.63) is 34.9 Å². The fourth-order valence-electron chi connectivity index (χ4n) is 2.68. The Bertz CT molecular complexity index is 552. The van der Waals surface area contributed by atoms with Crippen LogP contribution in [0, 0.1) is 0 Å². The molecule has 0 saturated carbocycles. The highest BCUT2D eigenvalue weighted by Crippen LogP contribution is 2.20. The molecule has 1 fully saturated rings. The van der Waals surface area contributed by atoms with Gasteiger partial charge in [-0.15, -0.1) is 0 Å². The van der Waals surface area contributed by atoms with E-state index in [0.717, 1.165) is 17.9 Å². The summed E-state index contributed by atoms with van der Waals surface area (Å²) in [5, 5.41) is 4.32. The smallest absolute Gasteiger partial charge is 0.213 e. The summed E-state index contributed by atoms with van der Waals surface area (Å²) in [6.07, 6.45) is 1.72. The highest BCUT2D eigenvalue weighted by atomic mass is 35.5. The quantitative estimate of drug-likeness (QED) is 0.903. The monoisotopic (exact) mass is 330 g/mol. The molecule has 0 aliphatic carbocycles. The van der Waals surface area contributed by atoms with Gasteiger partial charge in [0.25, 0.3) is 0 Å². The van der Waals surface area contributed by atoms with Gasteiger partial charge in [-0.2, -0.15) is 0 Å². The van der Waals surface area contributed by atoms with Crippen LogP contribution < -0.4 is 5.32 Å². The third-order valence-corrected chi connectivity index (χ3v) is 6.20. The molecule has 0 radical (unpaired) electrons. The van der Waals surface area contributed by atoms with E-state index in [1.54, 1.807) is 11.2 Å². The first-order valence-corrected chi connectivity index (χ1v) is 9.40. The van der Waals surface area contributed by atoms with Crippen LogP contribution in [-0.2, 0) is 10.0 Å². The van der Waals surface area contributed by atoms with E-state index >= 15 is 0 Å². The second kappa shape index (κ2) is 7.09. The molecular weight excluding hydrogens is 308 g/mol. The number of halogens is 1. The summed E-state index contributed by atoms with van der Waals surface area (Å²) in [5.41, 5.74) is 1.20. The van der Waals surface area contributed by atoms with Crippen molar-refractivity contribution in [1.82, 2.24) is 9.62 Å². The molecule has 1 aliphatic rings. The number of sulfonamides is 1. The van der Waals surface area contributed by atoms with Crippen molar-refractivity contribution >= 4 is 21.6 Å². The van der Waals surface area contributed by atoms with Gasteiger partial charge in [0.1, 0.15) is 0 Å². The summed E-state index contributed by atoms with van der Waals surface area (Å²) in [6, 6.07) is 8.44. The van der Waals surface area contributed by atoms with Crippen molar-refractivity contribution in [3.8, 4) is 0 Å². The number of hydrogen-bond donors (Lipinski definition) is 1. The molecule has 0 aromatic heterocycles. The predicted molar refractivity (Wildman–Crippen MR) is 87.1 cm³/mol. The minimum Gasteiger partial charge on any atom is -0.307 e. The number of benzene rings is 1. The molecule has 0 amide bonds. The first kappa shape index (κ1) is 16.7. The standard InChI is InChI=1S/C15H23ClN2O2S/c1-3-21(19,20)18-10-8-15(9-11-18)17-12(2)13-4-6-14(16)7-5-13/h4-7,12,15,17H,3,8-11H2,1-2H3. The van der Waals surface area contributed by atoms with E-state index in [1.807, 2.05) is 24.3 Å². The van der Waals surface area contributed by atoms with Gasteiger partial charge in [0.15, 0.2) is 0 Å². The molecule has 1 heterocycles. The van der Waals surface area contributed by atoms with E-state index in [1.165, 1.54) is 5.56 Å². The van der Waals surface area contributed by atoms with Crippen LogP contribution in [0.25, 0.3) is 0 Å². The van der Waals surface area contributed by atoms with E-state index in [0.29, 0.717) is 19.1 Å². The van der Waals surface area contributed by atoms with Gasteiger partial charge in [-0.25, -0.2) is 12.7 Å². The van der Waals surface area contributed by atoms with Gasteiger partial charge in [0.05, 0.1) is 5.75 Å². The zero-order valence-corrected chi connectivity index (χ0v) is 14.1. The van der Waals surface area contributed by atoms with Crippen molar-refractivity contribution in [2.75, 3.05) is 18.8 Å². The molecule has 21 heavy (non-hydrogen) atoms. The van der Waals surface area contributed by atoms with Crippen LogP contribution in [0.1, 0.15) is 38.3 Å². The Morgan fingerprint density at radius 2 is 1.86 bits per heavy atom. The van der Waals surface area contributed by atoms with Gasteiger partial charge >= 0.3 is 0 Å². The van der Waals surface area contributed by atoms with Crippen molar-refractivity contribution in [2.24, 2.45) is 0 Å². The highest BCUT2D eigenvalue weighted by Gasteiger charge is 2.27. The topological polar surface area (TPSA) is 49.4 Å². The fourth-order valence-corrected chi connectivity index (χ4v) is 3.94. The molecule has 1 saturated heterocycles. The number of nitrogens with one attached hydrogen (secondary N) is 1. The molecule has 0 spiro atoms. The number of nitrogens with zero attached hydrogens (tertiary/aromatic N) is 1. The Morgan fingerprint density at radius 1 is 1.29 bits per heavy atom. The Balaban J connectivity index is 1.87. The van der Waals surface area contributed by atoms with E-state index in [2.05, 4.69) is 12.2 Å². The zero-order chi connectivity index (χ0) is 15.5. The molecule has 4 nitrogen and oxygen atoms in total. The lowest BCUT2D eigenvalue weighted by Gasteiger charge is -2.33. The lowest BCUT2D eigenvalue weighted by molar-refractivity contribution is 0.277. The van der Waals surface area contributed by atoms with Crippen LogP contribution in [0.3, 0.4) is 0 Å². The Labute approximate surface area is 132 Å². The molecule has 1 aromatic carbocycles. The first-order chi connectivity index (χ1) is 9.92. The van der Waals surface area contributed by atoms with Crippen LogP contribution >= 0.6 is 11.6 Å². The molecule has 0 bridgehead atoms. The molecule has 1 unspecified atom stereocenters. The van der Waals surface area contributed by atoms with Gasteiger partial charge in [-0.1, -0.05) is 23.7 Å². The van der Waals surface area contributed by atoms with Crippen LogP contribution in [0.2, 0.25) is 5.02 Å². The summed E-state index contributed by atoms with van der Waals surface area (Å²) in [5.74, 6) is 0.187. The summed E-state index contributed by atoms with van der Waals surface area (Å²) in [6.45, 7) is 5.04. The van der Waals surface area contributed by atoms with Crippen molar-refractivity contribution in [3.63, 3.8) is 0 Å². The van der Waals surface area contributed by atoms with Crippen molar-refractivity contribution in [1.29, 1.82) is 0 Å². The largest absolute Gasteiger partial charge is 0.307 e. The van der Waals surface area contributed by atoms with Gasteiger partial charge in [-0.05, 0) is 44.4 Å². The van der Waals surface area contributed by atoms with Crippen LogP contribution in [0.15, 0.2) is 24.3 Å². The van der Waals surface area contributed by atoms with E-state index in [-0.39, 0.29) is 11.8 Å². The zero-order valence-electron chi connectivity index (χ0n) is 12.5. The second-order valence-corrected chi connectivity index (χ2v) is 8.21. The predicted octanol–water partition coefficient (Wildman–Crippen LogP) is 2.80. The summed E-state index contributed by atoms with van der Waals surface area (Å²) in [4.78, 5) is 0. The highest BCUT2D eigenvalue weighted by molar-refractivity contribution is 7.89. The van der Waals surface area contributed by atoms with E-state index < -0.39 is 10.0 Å². The number of rotatable bonds is 5. The average molecular weight is 331 g/mol. The summed E-state index contributed by atoms with van der Waals surface area (Å²) >= 11 is 5.90. The van der Waals surface area contributed by atoms with Crippen molar-refractivity contribution in [2.45, 2.75) is 38.8 Å². The Hall–Kier alpha value is -0.620. The maximum absolute atomic E-state index is 11.8. The molecule has 1 atom stereocenters. The first-order valence-electron chi connectivity index (χ1n) is 7.41. The summed E-state index contributed by atoms with van der Waals surface area (Å²) < 4.78 is 25.3. The normalized spacial score (nSPS) is 19.6.